The Kier molecular flexibility index (Phi) is 8.75. The van der Waals surface area contributed by atoms with E-state index in [1.165, 1.54) is 11.8 Å². The third-order valence-electron chi connectivity index (χ3n) is 4.68. The fraction of sp³-hybridized carbons (Fsp3) is 0.231. The number of carbonyl (C=O) groups excluding carboxylic acids is 2. The van der Waals surface area contributed by atoms with Gasteiger partial charge >= 0.3 is 0 Å². The summed E-state index contributed by atoms with van der Waals surface area (Å²) >= 11 is 1.42. The number of amides is 2. The molecule has 0 fully saturated rings. The van der Waals surface area contributed by atoms with Crippen molar-refractivity contribution < 1.29 is 14.3 Å². The van der Waals surface area contributed by atoms with E-state index >= 15 is 0 Å². The Bertz CT molecular complexity index is 1030. The topological polar surface area (TPSA) is 67.4 Å². The SMILES string of the molecule is CCCCOc1ccc(NC(=O)CSc2cccc(NC(=O)c3ccc(C)cc3)c2)cc1. The molecule has 3 rings (SSSR count). The van der Waals surface area contributed by atoms with Crippen molar-refractivity contribution in [1.29, 1.82) is 0 Å². The van der Waals surface area contributed by atoms with Crippen LogP contribution in [0.5, 0.6) is 5.75 Å². The van der Waals surface area contributed by atoms with E-state index in [1.54, 1.807) is 12.1 Å². The van der Waals surface area contributed by atoms with Crippen LogP contribution in [0.25, 0.3) is 0 Å². The number of rotatable bonds is 10. The molecule has 0 aliphatic heterocycles. The van der Waals surface area contributed by atoms with E-state index in [0.29, 0.717) is 17.9 Å². The van der Waals surface area contributed by atoms with Crippen molar-refractivity contribution in [2.75, 3.05) is 23.0 Å². The van der Waals surface area contributed by atoms with Gasteiger partial charge in [-0.2, -0.15) is 0 Å². The van der Waals surface area contributed by atoms with Crippen LogP contribution in [-0.4, -0.2) is 24.2 Å². The molecule has 3 aromatic carbocycles. The van der Waals surface area contributed by atoms with Crippen molar-refractivity contribution in [3.05, 3.63) is 83.9 Å². The highest BCUT2D eigenvalue weighted by atomic mass is 32.2. The normalized spacial score (nSPS) is 10.4. The van der Waals surface area contributed by atoms with Gasteiger partial charge < -0.3 is 15.4 Å². The molecule has 5 nitrogen and oxygen atoms in total. The summed E-state index contributed by atoms with van der Waals surface area (Å²) in [5, 5.41) is 5.80. The molecule has 0 spiro atoms. The summed E-state index contributed by atoms with van der Waals surface area (Å²) in [4.78, 5) is 25.6. The summed E-state index contributed by atoms with van der Waals surface area (Å²) in [5.74, 6) is 0.815. The van der Waals surface area contributed by atoms with Crippen LogP contribution in [-0.2, 0) is 4.79 Å². The number of aryl methyl sites for hydroxylation is 1. The van der Waals surface area contributed by atoms with Crippen LogP contribution in [0.4, 0.5) is 11.4 Å². The lowest BCUT2D eigenvalue weighted by atomic mass is 10.1. The van der Waals surface area contributed by atoms with Gasteiger partial charge in [-0.3, -0.25) is 9.59 Å². The maximum Gasteiger partial charge on any atom is 0.255 e. The molecule has 0 aromatic heterocycles. The monoisotopic (exact) mass is 448 g/mol. The van der Waals surface area contributed by atoms with Gasteiger partial charge in [-0.25, -0.2) is 0 Å². The van der Waals surface area contributed by atoms with E-state index in [-0.39, 0.29) is 17.6 Å². The Morgan fingerprint density at radius 1 is 0.906 bits per heavy atom. The number of hydrogen-bond acceptors (Lipinski definition) is 4. The van der Waals surface area contributed by atoms with Gasteiger partial charge in [0, 0.05) is 21.8 Å². The van der Waals surface area contributed by atoms with E-state index in [2.05, 4.69) is 17.6 Å². The maximum atomic E-state index is 12.4. The lowest BCUT2D eigenvalue weighted by molar-refractivity contribution is -0.113. The average Bonchev–Trinajstić information content (AvgIpc) is 2.80. The average molecular weight is 449 g/mol. The van der Waals surface area contributed by atoms with Crippen LogP contribution in [0.3, 0.4) is 0 Å². The van der Waals surface area contributed by atoms with Crippen LogP contribution < -0.4 is 15.4 Å². The number of thioether (sulfide) groups is 1. The van der Waals surface area contributed by atoms with Crippen LogP contribution in [0.15, 0.2) is 77.7 Å². The van der Waals surface area contributed by atoms with Gasteiger partial charge in [-0.05, 0) is 67.9 Å². The van der Waals surface area contributed by atoms with Gasteiger partial charge in [0.15, 0.2) is 0 Å². The zero-order valence-electron chi connectivity index (χ0n) is 18.4. The van der Waals surface area contributed by atoms with Crippen LogP contribution in [0.2, 0.25) is 0 Å². The summed E-state index contributed by atoms with van der Waals surface area (Å²) in [6, 6.07) is 22.3. The Morgan fingerprint density at radius 2 is 1.66 bits per heavy atom. The van der Waals surface area contributed by atoms with Gasteiger partial charge in [-0.15, -0.1) is 11.8 Å². The van der Waals surface area contributed by atoms with E-state index in [1.807, 2.05) is 67.6 Å². The molecule has 0 bridgehead atoms. The molecule has 166 valence electrons. The van der Waals surface area contributed by atoms with E-state index in [9.17, 15) is 9.59 Å². The fourth-order valence-corrected chi connectivity index (χ4v) is 3.64. The first-order valence-corrected chi connectivity index (χ1v) is 11.7. The van der Waals surface area contributed by atoms with Crippen molar-refractivity contribution in [2.24, 2.45) is 0 Å². The third-order valence-corrected chi connectivity index (χ3v) is 5.67. The van der Waals surface area contributed by atoms with Crippen LogP contribution >= 0.6 is 11.8 Å². The van der Waals surface area contributed by atoms with Crippen molar-refractivity contribution >= 4 is 35.0 Å². The minimum Gasteiger partial charge on any atom is -0.494 e. The van der Waals surface area contributed by atoms with Gasteiger partial charge in [-0.1, -0.05) is 37.1 Å². The Morgan fingerprint density at radius 3 is 2.38 bits per heavy atom. The van der Waals surface area contributed by atoms with Crippen molar-refractivity contribution in [3.8, 4) is 5.75 Å². The minimum absolute atomic E-state index is 0.0938. The highest BCUT2D eigenvalue weighted by molar-refractivity contribution is 8.00. The second-order valence-electron chi connectivity index (χ2n) is 7.41. The van der Waals surface area contributed by atoms with Gasteiger partial charge in [0.1, 0.15) is 5.75 Å². The standard InChI is InChI=1S/C26H28N2O3S/c1-3-4-16-31-23-14-12-21(13-15-23)27-25(29)18-32-24-7-5-6-22(17-24)28-26(30)20-10-8-19(2)9-11-20/h5-15,17H,3-4,16,18H2,1-2H3,(H,27,29)(H,28,30). The van der Waals surface area contributed by atoms with Crippen molar-refractivity contribution in [3.63, 3.8) is 0 Å². The smallest absolute Gasteiger partial charge is 0.255 e. The van der Waals surface area contributed by atoms with Crippen LogP contribution in [0.1, 0.15) is 35.7 Å². The highest BCUT2D eigenvalue weighted by Gasteiger charge is 2.08. The predicted octanol–water partition coefficient (Wildman–Crippen LogP) is 6.16. The summed E-state index contributed by atoms with van der Waals surface area (Å²) < 4.78 is 5.64. The summed E-state index contributed by atoms with van der Waals surface area (Å²) in [7, 11) is 0. The van der Waals surface area contributed by atoms with Gasteiger partial charge in [0.2, 0.25) is 5.91 Å². The second-order valence-corrected chi connectivity index (χ2v) is 8.46. The molecule has 0 saturated heterocycles. The second kappa shape index (κ2) is 12.0. The molecule has 0 atom stereocenters. The largest absolute Gasteiger partial charge is 0.494 e. The lowest BCUT2D eigenvalue weighted by Crippen LogP contribution is -2.14. The molecule has 0 radical (unpaired) electrons. The number of hydrogen-bond donors (Lipinski definition) is 2. The van der Waals surface area contributed by atoms with Crippen LogP contribution in [0, 0.1) is 6.92 Å². The molecule has 0 aliphatic carbocycles. The molecule has 0 aliphatic rings. The Labute approximate surface area is 193 Å². The maximum absolute atomic E-state index is 12.4. The molecule has 32 heavy (non-hydrogen) atoms. The molecule has 2 amide bonds. The van der Waals surface area contributed by atoms with E-state index in [4.69, 9.17) is 4.74 Å². The highest BCUT2D eigenvalue weighted by Crippen LogP contribution is 2.23. The van der Waals surface area contributed by atoms with Gasteiger partial charge in [0.25, 0.3) is 5.91 Å². The van der Waals surface area contributed by atoms with E-state index < -0.39 is 0 Å². The molecule has 2 N–H and O–H groups in total. The number of carbonyl (C=O) groups is 2. The molecule has 3 aromatic rings. The van der Waals surface area contributed by atoms with Crippen molar-refractivity contribution in [2.45, 2.75) is 31.6 Å². The molecule has 6 heteroatoms. The summed E-state index contributed by atoms with van der Waals surface area (Å²) in [6.45, 7) is 4.80. The van der Waals surface area contributed by atoms with E-state index in [0.717, 1.165) is 34.7 Å². The fourth-order valence-electron chi connectivity index (χ4n) is 2.89. The molecule has 0 unspecified atom stereocenters. The summed E-state index contributed by atoms with van der Waals surface area (Å²) in [6.07, 6.45) is 2.11. The lowest BCUT2D eigenvalue weighted by Gasteiger charge is -2.09. The minimum atomic E-state index is -0.160. The number of anilines is 2. The molecular formula is C26H28N2O3S. The molecule has 0 saturated carbocycles. The number of nitrogens with one attached hydrogen (secondary N) is 2. The quantitative estimate of drug-likeness (QED) is 0.288. The number of ether oxygens (including phenoxy) is 1. The zero-order valence-corrected chi connectivity index (χ0v) is 19.2. The van der Waals surface area contributed by atoms with Gasteiger partial charge in [0.05, 0.1) is 12.4 Å². The number of benzene rings is 3. The Balaban J connectivity index is 1.48. The first-order valence-electron chi connectivity index (χ1n) is 10.7. The third kappa shape index (κ3) is 7.46. The Hall–Kier alpha value is -3.25. The molecule has 0 heterocycles. The molecular weight excluding hydrogens is 420 g/mol. The predicted molar refractivity (Wildman–Crippen MR) is 132 cm³/mol. The first kappa shape index (κ1) is 23.4. The number of unbranched alkanes of at least 4 members (excludes halogenated alkanes) is 1. The summed E-state index contributed by atoms with van der Waals surface area (Å²) in [5.41, 5.74) is 3.14. The first-order chi connectivity index (χ1) is 15.5. The zero-order chi connectivity index (χ0) is 22.8. The van der Waals surface area contributed by atoms with Crippen molar-refractivity contribution in [1.82, 2.24) is 0 Å².